The van der Waals surface area contributed by atoms with E-state index in [1.165, 1.54) is 12.0 Å². The Kier molecular flexibility index (Phi) is 6.87. The minimum Gasteiger partial charge on any atom is -0.497 e. The Morgan fingerprint density at radius 2 is 2.14 bits per heavy atom. The van der Waals surface area contributed by atoms with Gasteiger partial charge in [0.2, 0.25) is 0 Å². The highest BCUT2D eigenvalue weighted by atomic mass is 32.2. The van der Waals surface area contributed by atoms with Crippen LogP contribution in [0.3, 0.4) is 0 Å². The van der Waals surface area contributed by atoms with Crippen molar-refractivity contribution < 1.29 is 9.47 Å². The maximum absolute atomic E-state index is 5.66. The van der Waals surface area contributed by atoms with Gasteiger partial charge in [0.25, 0.3) is 0 Å². The topological polar surface area (TPSA) is 30.5 Å². The van der Waals surface area contributed by atoms with Gasteiger partial charge in [-0.05, 0) is 44.0 Å². The second-order valence-corrected chi connectivity index (χ2v) is 6.79. The number of nitrogens with one attached hydrogen (secondary N) is 1. The lowest BCUT2D eigenvalue weighted by atomic mass is 10.1. The lowest BCUT2D eigenvalue weighted by molar-refractivity contribution is 0.127. The molecule has 1 aliphatic rings. The second kappa shape index (κ2) is 8.66. The number of methoxy groups -OCH3 is 1. The number of thioether (sulfide) groups is 1. The summed E-state index contributed by atoms with van der Waals surface area (Å²) < 4.78 is 10.9. The van der Waals surface area contributed by atoms with E-state index in [2.05, 4.69) is 31.3 Å². The van der Waals surface area contributed by atoms with Crippen LogP contribution in [0.25, 0.3) is 0 Å². The van der Waals surface area contributed by atoms with Crippen LogP contribution < -0.4 is 10.1 Å². The van der Waals surface area contributed by atoms with E-state index >= 15 is 0 Å². The Hall–Kier alpha value is -0.710. The third kappa shape index (κ3) is 4.90. The van der Waals surface area contributed by atoms with Crippen molar-refractivity contribution in [1.82, 2.24) is 5.32 Å². The number of ether oxygens (including phenoxy) is 2. The zero-order valence-corrected chi connectivity index (χ0v) is 14.1. The number of benzene rings is 1. The Bertz CT molecular complexity index is 410. The number of hydrogen-bond donors (Lipinski definition) is 1. The van der Waals surface area contributed by atoms with Gasteiger partial charge in [0.05, 0.1) is 13.2 Å². The normalized spacial score (nSPS) is 23.2. The average Bonchev–Trinajstić information content (AvgIpc) is 2.93. The molecular formula is C17H27NO2S. The first kappa shape index (κ1) is 16.7. The first-order chi connectivity index (χ1) is 10.2. The zero-order chi connectivity index (χ0) is 15.1. The molecule has 1 saturated heterocycles. The molecule has 4 heteroatoms. The molecule has 1 heterocycles. The van der Waals surface area contributed by atoms with Crippen molar-refractivity contribution in [2.45, 2.75) is 44.1 Å². The first-order valence-electron chi connectivity index (χ1n) is 7.85. The van der Waals surface area contributed by atoms with Gasteiger partial charge in [-0.15, -0.1) is 0 Å². The van der Waals surface area contributed by atoms with E-state index < -0.39 is 0 Å². The summed E-state index contributed by atoms with van der Waals surface area (Å²) in [4.78, 5) is 0. The summed E-state index contributed by atoms with van der Waals surface area (Å²) in [6.45, 7) is 6.35. The highest BCUT2D eigenvalue weighted by Gasteiger charge is 2.25. The van der Waals surface area contributed by atoms with Crippen molar-refractivity contribution in [1.29, 1.82) is 0 Å². The summed E-state index contributed by atoms with van der Waals surface area (Å²) in [6, 6.07) is 8.82. The molecule has 118 valence electrons. The van der Waals surface area contributed by atoms with Gasteiger partial charge in [-0.25, -0.2) is 0 Å². The van der Waals surface area contributed by atoms with Gasteiger partial charge in [-0.3, -0.25) is 0 Å². The van der Waals surface area contributed by atoms with Crippen LogP contribution in [0.15, 0.2) is 24.3 Å². The third-order valence-corrected chi connectivity index (χ3v) is 5.52. The summed E-state index contributed by atoms with van der Waals surface area (Å²) in [6.07, 6.45) is 2.72. The molecule has 1 aromatic carbocycles. The summed E-state index contributed by atoms with van der Waals surface area (Å²) >= 11 is 2.04. The highest BCUT2D eigenvalue weighted by molar-refractivity contribution is 8.00. The number of rotatable bonds is 8. The standard InChI is InChI=1S/C17H27NO2S/c1-4-10-18-16(12-21-17-9-11-20-13(17)2)14-5-7-15(19-3)8-6-14/h5-8,13,16-18H,4,9-12H2,1-3H3. The van der Waals surface area contributed by atoms with Gasteiger partial charge >= 0.3 is 0 Å². The molecular weight excluding hydrogens is 282 g/mol. The van der Waals surface area contributed by atoms with Gasteiger partial charge < -0.3 is 14.8 Å². The molecule has 0 spiro atoms. The van der Waals surface area contributed by atoms with Crippen molar-refractivity contribution in [3.8, 4) is 5.75 Å². The zero-order valence-electron chi connectivity index (χ0n) is 13.3. The maximum atomic E-state index is 5.66. The summed E-state index contributed by atoms with van der Waals surface area (Å²) in [5.74, 6) is 2.00. The Labute approximate surface area is 132 Å². The third-order valence-electron chi connectivity index (χ3n) is 3.94. The minimum absolute atomic E-state index is 0.387. The Balaban J connectivity index is 1.95. The predicted octanol–water partition coefficient (Wildman–Crippen LogP) is 3.65. The lowest BCUT2D eigenvalue weighted by Gasteiger charge is -2.22. The van der Waals surface area contributed by atoms with E-state index in [0.717, 1.165) is 31.1 Å². The lowest BCUT2D eigenvalue weighted by Crippen LogP contribution is -2.26. The van der Waals surface area contributed by atoms with Crippen LogP contribution in [-0.2, 0) is 4.74 Å². The monoisotopic (exact) mass is 309 g/mol. The SMILES string of the molecule is CCCNC(CSC1CCOC1C)c1ccc(OC)cc1. The molecule has 2 rings (SSSR count). The molecule has 1 aromatic rings. The molecule has 0 radical (unpaired) electrons. The van der Waals surface area contributed by atoms with Crippen LogP contribution in [0.4, 0.5) is 0 Å². The molecule has 0 aromatic heterocycles. The molecule has 3 unspecified atom stereocenters. The first-order valence-corrected chi connectivity index (χ1v) is 8.90. The van der Waals surface area contributed by atoms with E-state index in [9.17, 15) is 0 Å². The van der Waals surface area contributed by atoms with Gasteiger partial charge in [0.1, 0.15) is 5.75 Å². The van der Waals surface area contributed by atoms with Crippen LogP contribution >= 0.6 is 11.8 Å². The fourth-order valence-electron chi connectivity index (χ4n) is 2.58. The van der Waals surface area contributed by atoms with E-state index in [4.69, 9.17) is 9.47 Å². The van der Waals surface area contributed by atoms with E-state index in [-0.39, 0.29) is 0 Å². The van der Waals surface area contributed by atoms with Crippen LogP contribution in [0, 0.1) is 0 Å². The fraction of sp³-hybridized carbons (Fsp3) is 0.647. The molecule has 21 heavy (non-hydrogen) atoms. The van der Waals surface area contributed by atoms with Gasteiger partial charge in [-0.1, -0.05) is 19.1 Å². The van der Waals surface area contributed by atoms with Gasteiger partial charge in [0.15, 0.2) is 0 Å². The molecule has 0 amide bonds. The van der Waals surface area contributed by atoms with Crippen molar-refractivity contribution >= 4 is 11.8 Å². The van der Waals surface area contributed by atoms with Crippen LogP contribution in [0.5, 0.6) is 5.75 Å². The molecule has 0 bridgehead atoms. The van der Waals surface area contributed by atoms with Gasteiger partial charge in [0, 0.05) is 23.7 Å². The largest absolute Gasteiger partial charge is 0.497 e. The quantitative estimate of drug-likeness (QED) is 0.794. The van der Waals surface area contributed by atoms with Crippen LogP contribution in [-0.4, -0.2) is 37.4 Å². The summed E-state index contributed by atoms with van der Waals surface area (Å²) in [5.41, 5.74) is 1.34. The van der Waals surface area contributed by atoms with Gasteiger partial charge in [-0.2, -0.15) is 11.8 Å². The maximum Gasteiger partial charge on any atom is 0.118 e. The van der Waals surface area contributed by atoms with Crippen molar-refractivity contribution in [2.75, 3.05) is 26.0 Å². The van der Waals surface area contributed by atoms with E-state index in [0.29, 0.717) is 17.4 Å². The second-order valence-electron chi connectivity index (χ2n) is 5.52. The molecule has 0 saturated carbocycles. The molecule has 1 N–H and O–H groups in total. The van der Waals surface area contributed by atoms with Crippen LogP contribution in [0.1, 0.15) is 38.3 Å². The molecule has 1 aliphatic heterocycles. The highest BCUT2D eigenvalue weighted by Crippen LogP contribution is 2.30. The van der Waals surface area contributed by atoms with Crippen molar-refractivity contribution in [3.05, 3.63) is 29.8 Å². The predicted molar refractivity (Wildman–Crippen MR) is 90.3 cm³/mol. The molecule has 3 nitrogen and oxygen atoms in total. The van der Waals surface area contributed by atoms with Crippen LogP contribution in [0.2, 0.25) is 0 Å². The van der Waals surface area contributed by atoms with E-state index in [1.54, 1.807) is 7.11 Å². The number of hydrogen-bond acceptors (Lipinski definition) is 4. The molecule has 3 atom stereocenters. The van der Waals surface area contributed by atoms with Crippen molar-refractivity contribution in [3.63, 3.8) is 0 Å². The molecule has 0 aliphatic carbocycles. The Morgan fingerprint density at radius 1 is 1.38 bits per heavy atom. The summed E-state index contributed by atoms with van der Waals surface area (Å²) in [5, 5.41) is 4.29. The molecule has 1 fully saturated rings. The smallest absolute Gasteiger partial charge is 0.118 e. The average molecular weight is 309 g/mol. The minimum atomic E-state index is 0.387. The fourth-order valence-corrected chi connectivity index (χ4v) is 3.94. The Morgan fingerprint density at radius 3 is 2.71 bits per heavy atom. The summed E-state index contributed by atoms with van der Waals surface area (Å²) in [7, 11) is 1.71. The van der Waals surface area contributed by atoms with E-state index in [1.807, 2.05) is 23.9 Å². The van der Waals surface area contributed by atoms with Crippen molar-refractivity contribution in [2.24, 2.45) is 0 Å².